The second kappa shape index (κ2) is 8.40. The molecule has 0 fully saturated rings. The van der Waals surface area contributed by atoms with Gasteiger partial charge in [-0.25, -0.2) is 4.79 Å². The molecule has 164 valence electrons. The fourth-order valence-electron chi connectivity index (χ4n) is 4.38. The van der Waals surface area contributed by atoms with Crippen LogP contribution >= 0.6 is 0 Å². The first-order valence-electron chi connectivity index (χ1n) is 10.8. The van der Waals surface area contributed by atoms with Gasteiger partial charge in [0.2, 0.25) is 0 Å². The molecule has 31 heavy (non-hydrogen) atoms. The predicted octanol–water partition coefficient (Wildman–Crippen LogP) is 5.14. The summed E-state index contributed by atoms with van der Waals surface area (Å²) >= 11 is 0. The fourth-order valence-corrected chi connectivity index (χ4v) is 4.38. The van der Waals surface area contributed by atoms with Crippen LogP contribution in [0, 0.1) is 11.8 Å². The maximum absolute atomic E-state index is 11.1. The summed E-state index contributed by atoms with van der Waals surface area (Å²) in [6.45, 7) is 10.1. The molecule has 1 unspecified atom stereocenters. The summed E-state index contributed by atoms with van der Waals surface area (Å²) in [6, 6.07) is 11.3. The van der Waals surface area contributed by atoms with Crippen molar-refractivity contribution >= 4 is 5.97 Å². The molecule has 1 atom stereocenters. The lowest BCUT2D eigenvalue weighted by Crippen LogP contribution is -2.34. The average Bonchev–Trinajstić information content (AvgIpc) is 2.68. The molecule has 3 rings (SSSR count). The van der Waals surface area contributed by atoms with Gasteiger partial charge in [-0.1, -0.05) is 57.7 Å². The number of carboxylic acids is 1. The highest BCUT2D eigenvalue weighted by Gasteiger charge is 2.37. The van der Waals surface area contributed by atoms with Crippen molar-refractivity contribution in [1.82, 2.24) is 4.90 Å². The van der Waals surface area contributed by atoms with Crippen LogP contribution in [0.25, 0.3) is 0 Å². The number of aromatic carboxylic acids is 1. The number of hydrogen-bond acceptors (Lipinski definition) is 3. The van der Waals surface area contributed by atoms with Gasteiger partial charge < -0.3 is 15.1 Å². The van der Waals surface area contributed by atoms with Crippen molar-refractivity contribution in [3.8, 4) is 17.6 Å². The van der Waals surface area contributed by atoms with E-state index in [4.69, 9.17) is 5.11 Å². The summed E-state index contributed by atoms with van der Waals surface area (Å²) in [5.74, 6) is 5.10. The average molecular weight is 420 g/mol. The molecular formula is C27H33NO3. The Labute approximate surface area is 185 Å². The molecule has 0 bridgehead atoms. The maximum atomic E-state index is 11.1. The number of likely N-dealkylation sites (N-methyl/N-ethyl adjacent to an activating group) is 1. The second-order valence-corrected chi connectivity index (χ2v) is 10.2. The van der Waals surface area contributed by atoms with Gasteiger partial charge in [-0.05, 0) is 72.7 Å². The minimum Gasteiger partial charge on any atom is -0.507 e. The summed E-state index contributed by atoms with van der Waals surface area (Å²) < 4.78 is 0. The second-order valence-electron chi connectivity index (χ2n) is 10.2. The summed E-state index contributed by atoms with van der Waals surface area (Å²) in [7, 11) is 4.07. The minimum atomic E-state index is -1.15. The number of phenols is 1. The Balaban J connectivity index is 2.01. The third-order valence-electron chi connectivity index (χ3n) is 6.45. The van der Waals surface area contributed by atoms with Gasteiger partial charge in [0.25, 0.3) is 0 Å². The fraction of sp³-hybridized carbons (Fsp3) is 0.444. The number of benzene rings is 2. The Morgan fingerprint density at radius 3 is 2.26 bits per heavy atom. The minimum absolute atomic E-state index is 0.00225. The zero-order valence-electron chi connectivity index (χ0n) is 19.4. The third kappa shape index (κ3) is 4.94. The van der Waals surface area contributed by atoms with Crippen LogP contribution < -0.4 is 0 Å². The highest BCUT2D eigenvalue weighted by molar-refractivity contribution is 5.90. The molecule has 0 aromatic heterocycles. The molecule has 0 spiro atoms. The van der Waals surface area contributed by atoms with Crippen molar-refractivity contribution in [3.05, 3.63) is 64.2 Å². The van der Waals surface area contributed by atoms with Gasteiger partial charge >= 0.3 is 5.97 Å². The Morgan fingerprint density at radius 2 is 1.68 bits per heavy atom. The SMILES string of the molecule is CN(C)CC(C#Cc1ccc(C(=O)O)c(O)c1)c1ccc2c(c1)C(C)(C)CCC2(C)C. The Morgan fingerprint density at radius 1 is 1.03 bits per heavy atom. The Kier molecular flexibility index (Phi) is 6.21. The highest BCUT2D eigenvalue weighted by atomic mass is 16.4. The van der Waals surface area contributed by atoms with Crippen LogP contribution in [0.3, 0.4) is 0 Å². The zero-order valence-corrected chi connectivity index (χ0v) is 19.4. The zero-order chi connectivity index (χ0) is 23.0. The maximum Gasteiger partial charge on any atom is 0.339 e. The van der Waals surface area contributed by atoms with Crippen molar-refractivity contribution < 1.29 is 15.0 Å². The Hall–Kier alpha value is -2.77. The van der Waals surface area contributed by atoms with E-state index in [0.29, 0.717) is 5.56 Å². The first-order valence-corrected chi connectivity index (χ1v) is 10.8. The van der Waals surface area contributed by atoms with Crippen LogP contribution in [0.4, 0.5) is 0 Å². The molecule has 1 aliphatic carbocycles. The van der Waals surface area contributed by atoms with E-state index in [9.17, 15) is 9.90 Å². The summed E-state index contributed by atoms with van der Waals surface area (Å²) in [4.78, 5) is 13.2. The van der Waals surface area contributed by atoms with Crippen LogP contribution in [0.15, 0.2) is 36.4 Å². The number of rotatable bonds is 4. The monoisotopic (exact) mass is 419 g/mol. The number of fused-ring (bicyclic) bond motifs is 1. The van der Waals surface area contributed by atoms with Crippen LogP contribution in [0.2, 0.25) is 0 Å². The Bertz CT molecular complexity index is 1050. The lowest BCUT2D eigenvalue weighted by atomic mass is 9.62. The first-order chi connectivity index (χ1) is 14.4. The largest absolute Gasteiger partial charge is 0.507 e. The van der Waals surface area contributed by atoms with Gasteiger partial charge in [0.15, 0.2) is 0 Å². The van der Waals surface area contributed by atoms with Crippen molar-refractivity contribution in [1.29, 1.82) is 0 Å². The summed E-state index contributed by atoms with van der Waals surface area (Å²) in [6.07, 6.45) is 2.35. The van der Waals surface area contributed by atoms with Gasteiger partial charge in [0.05, 0.1) is 5.92 Å². The molecule has 0 amide bonds. The molecular weight excluding hydrogens is 386 g/mol. The van der Waals surface area contributed by atoms with Crippen molar-refractivity contribution in [3.63, 3.8) is 0 Å². The van der Waals surface area contributed by atoms with Crippen LogP contribution in [0.5, 0.6) is 5.75 Å². The van der Waals surface area contributed by atoms with E-state index in [1.807, 2.05) is 14.1 Å². The van der Waals surface area contributed by atoms with Gasteiger partial charge in [-0.2, -0.15) is 0 Å². The predicted molar refractivity (Wildman–Crippen MR) is 125 cm³/mol. The number of carbonyl (C=O) groups is 1. The molecule has 2 aromatic carbocycles. The van der Waals surface area contributed by atoms with Gasteiger partial charge in [0.1, 0.15) is 11.3 Å². The summed E-state index contributed by atoms with van der Waals surface area (Å²) in [5, 5.41) is 19.1. The molecule has 0 radical (unpaired) electrons. The standard InChI is InChI=1S/C27H33NO3/c1-26(2)13-14-27(3,4)23-16-19(10-12-22(23)26)20(17-28(5)6)9-7-18-8-11-21(25(30)31)24(29)15-18/h8,10-12,15-16,20,29H,13-14,17H2,1-6H3,(H,30,31). The third-order valence-corrected chi connectivity index (χ3v) is 6.45. The number of carboxylic acid groups (broad SMARTS) is 1. The number of hydrogen-bond donors (Lipinski definition) is 2. The van der Waals surface area contributed by atoms with Gasteiger partial charge in [-0.15, -0.1) is 0 Å². The van der Waals surface area contributed by atoms with Crippen molar-refractivity contribution in [2.75, 3.05) is 20.6 Å². The molecule has 1 aliphatic rings. The molecule has 0 aliphatic heterocycles. The van der Waals surface area contributed by atoms with Crippen LogP contribution in [0.1, 0.15) is 79.1 Å². The van der Waals surface area contributed by atoms with E-state index < -0.39 is 5.97 Å². The summed E-state index contributed by atoms with van der Waals surface area (Å²) in [5.41, 5.74) is 4.83. The van der Waals surface area contributed by atoms with Gasteiger partial charge in [0, 0.05) is 12.1 Å². The number of nitrogens with zero attached hydrogens (tertiary/aromatic N) is 1. The lowest BCUT2D eigenvalue weighted by molar-refractivity contribution is 0.0693. The van der Waals surface area contributed by atoms with E-state index in [-0.39, 0.29) is 28.1 Å². The first kappa shape index (κ1) is 22.9. The highest BCUT2D eigenvalue weighted by Crippen LogP contribution is 2.46. The normalized spacial score (nSPS) is 17.4. The van der Waals surface area contributed by atoms with E-state index in [1.54, 1.807) is 6.07 Å². The molecule has 0 heterocycles. The van der Waals surface area contributed by atoms with E-state index in [0.717, 1.165) is 13.0 Å². The lowest BCUT2D eigenvalue weighted by Gasteiger charge is -2.42. The molecule has 2 aromatic rings. The van der Waals surface area contributed by atoms with E-state index in [2.05, 4.69) is 62.6 Å². The topological polar surface area (TPSA) is 60.8 Å². The molecule has 2 N–H and O–H groups in total. The number of aromatic hydroxyl groups is 1. The molecule has 4 heteroatoms. The van der Waals surface area contributed by atoms with E-state index in [1.165, 1.54) is 35.2 Å². The van der Waals surface area contributed by atoms with Crippen LogP contribution in [-0.4, -0.2) is 41.7 Å². The molecule has 0 saturated heterocycles. The molecule has 4 nitrogen and oxygen atoms in total. The quantitative estimate of drug-likeness (QED) is 0.674. The molecule has 0 saturated carbocycles. The van der Waals surface area contributed by atoms with E-state index >= 15 is 0 Å². The van der Waals surface area contributed by atoms with Gasteiger partial charge in [-0.3, -0.25) is 0 Å². The van der Waals surface area contributed by atoms with Crippen molar-refractivity contribution in [2.45, 2.75) is 57.3 Å². The van der Waals surface area contributed by atoms with Crippen molar-refractivity contribution in [2.24, 2.45) is 0 Å². The smallest absolute Gasteiger partial charge is 0.339 e. The van der Waals surface area contributed by atoms with Crippen LogP contribution in [-0.2, 0) is 10.8 Å².